The summed E-state index contributed by atoms with van der Waals surface area (Å²) < 4.78 is 5.05. The first-order valence-corrected chi connectivity index (χ1v) is 9.33. The lowest BCUT2D eigenvalue weighted by molar-refractivity contribution is 1.02. The number of hydrogen-bond acceptors (Lipinski definition) is 1. The molecule has 2 heterocycles. The molecular formula is C23H15NS. The molecule has 0 N–H and O–H groups in total. The molecule has 0 radical (unpaired) electrons. The van der Waals surface area contributed by atoms with Gasteiger partial charge in [0, 0.05) is 49.0 Å². The highest BCUT2D eigenvalue weighted by molar-refractivity contribution is 7.26. The quantitative estimate of drug-likeness (QED) is 0.285. The monoisotopic (exact) mass is 337 g/mol. The maximum absolute atomic E-state index is 2.38. The average molecular weight is 337 g/mol. The van der Waals surface area contributed by atoms with Crippen LogP contribution in [0.3, 0.4) is 0 Å². The van der Waals surface area contributed by atoms with E-state index in [2.05, 4.69) is 84.4 Å². The van der Waals surface area contributed by atoms with Gasteiger partial charge in [-0.05, 0) is 41.1 Å². The topological polar surface area (TPSA) is 4.93 Å². The summed E-state index contributed by atoms with van der Waals surface area (Å²) >= 11 is 1.90. The Morgan fingerprint density at radius 3 is 2.16 bits per heavy atom. The number of hydrogen-bond donors (Lipinski definition) is 0. The van der Waals surface area contributed by atoms with Gasteiger partial charge >= 0.3 is 0 Å². The van der Waals surface area contributed by atoms with E-state index in [-0.39, 0.29) is 0 Å². The lowest BCUT2D eigenvalue weighted by Crippen LogP contribution is -1.85. The normalized spacial score (nSPS) is 12.2. The third-order valence-corrected chi connectivity index (χ3v) is 6.49. The molecule has 0 bridgehead atoms. The van der Waals surface area contributed by atoms with Gasteiger partial charge in [0.2, 0.25) is 0 Å². The molecule has 0 fully saturated rings. The molecule has 6 aromatic rings. The lowest BCUT2D eigenvalue weighted by atomic mass is 10.1. The molecule has 0 unspecified atom stereocenters. The van der Waals surface area contributed by atoms with Crippen molar-refractivity contribution in [2.45, 2.75) is 0 Å². The van der Waals surface area contributed by atoms with E-state index in [9.17, 15) is 0 Å². The second kappa shape index (κ2) is 4.62. The Kier molecular flexibility index (Phi) is 2.48. The van der Waals surface area contributed by atoms with Crippen molar-refractivity contribution in [3.63, 3.8) is 0 Å². The minimum atomic E-state index is 1.30. The first-order chi connectivity index (χ1) is 12.3. The van der Waals surface area contributed by atoms with Gasteiger partial charge in [0.25, 0.3) is 0 Å². The van der Waals surface area contributed by atoms with Gasteiger partial charge in [-0.25, -0.2) is 0 Å². The molecule has 0 spiro atoms. The number of thiophene rings is 1. The molecule has 0 saturated carbocycles. The predicted octanol–water partition coefficient (Wildman–Crippen LogP) is 6.85. The average Bonchev–Trinajstić information content (AvgIpc) is 3.14. The first-order valence-electron chi connectivity index (χ1n) is 8.52. The second-order valence-electron chi connectivity index (χ2n) is 6.74. The molecule has 0 atom stereocenters. The molecule has 2 aromatic heterocycles. The maximum Gasteiger partial charge on any atom is 0.0495 e. The second-order valence-corrected chi connectivity index (χ2v) is 7.82. The Bertz CT molecular complexity index is 1450. The number of rotatable bonds is 0. The largest absolute Gasteiger partial charge is 0.344 e. The summed E-state index contributed by atoms with van der Waals surface area (Å²) in [6.07, 6.45) is 0. The number of aromatic nitrogens is 1. The summed E-state index contributed by atoms with van der Waals surface area (Å²) in [5, 5.41) is 8.05. The van der Waals surface area contributed by atoms with Crippen molar-refractivity contribution in [3.05, 3.63) is 72.8 Å². The van der Waals surface area contributed by atoms with Crippen LogP contribution in [0.4, 0.5) is 0 Å². The molecule has 25 heavy (non-hydrogen) atoms. The molecule has 0 aliphatic heterocycles. The van der Waals surface area contributed by atoms with Crippen LogP contribution in [-0.4, -0.2) is 4.57 Å². The van der Waals surface area contributed by atoms with Crippen LogP contribution in [0, 0.1) is 0 Å². The van der Waals surface area contributed by atoms with Gasteiger partial charge in [0.1, 0.15) is 0 Å². The minimum absolute atomic E-state index is 1.30. The van der Waals surface area contributed by atoms with E-state index in [0.717, 1.165) is 0 Å². The number of aryl methyl sites for hydroxylation is 1. The lowest BCUT2D eigenvalue weighted by Gasteiger charge is -2.00. The molecule has 0 aliphatic rings. The van der Waals surface area contributed by atoms with Crippen molar-refractivity contribution in [2.24, 2.45) is 7.05 Å². The summed E-state index contributed by atoms with van der Waals surface area (Å²) in [5.41, 5.74) is 2.60. The zero-order chi connectivity index (χ0) is 16.5. The fraction of sp³-hybridized carbons (Fsp3) is 0.0435. The van der Waals surface area contributed by atoms with E-state index in [1.54, 1.807) is 0 Å². The van der Waals surface area contributed by atoms with Crippen LogP contribution in [0.15, 0.2) is 72.8 Å². The number of para-hydroxylation sites is 1. The van der Waals surface area contributed by atoms with E-state index in [1.165, 1.54) is 52.8 Å². The highest BCUT2D eigenvalue weighted by atomic mass is 32.1. The Balaban J connectivity index is 1.83. The van der Waals surface area contributed by atoms with E-state index in [0.29, 0.717) is 0 Å². The summed E-state index contributed by atoms with van der Waals surface area (Å²) in [4.78, 5) is 0. The highest BCUT2D eigenvalue weighted by Gasteiger charge is 2.12. The Hall–Kier alpha value is -2.84. The molecule has 118 valence electrons. The first kappa shape index (κ1) is 13.5. The van der Waals surface area contributed by atoms with Crippen molar-refractivity contribution < 1.29 is 0 Å². The molecule has 0 saturated heterocycles. The Morgan fingerprint density at radius 1 is 0.600 bits per heavy atom. The third kappa shape index (κ3) is 1.72. The number of benzene rings is 4. The van der Waals surface area contributed by atoms with Crippen LogP contribution in [-0.2, 0) is 7.05 Å². The molecule has 1 nitrogen and oxygen atoms in total. The van der Waals surface area contributed by atoms with Crippen molar-refractivity contribution in [1.82, 2.24) is 4.57 Å². The Labute approximate surface area is 148 Å². The van der Waals surface area contributed by atoms with Crippen molar-refractivity contribution >= 4 is 64.1 Å². The van der Waals surface area contributed by atoms with Crippen LogP contribution >= 0.6 is 11.3 Å². The van der Waals surface area contributed by atoms with E-state index in [1.807, 2.05) is 11.3 Å². The summed E-state index contributed by atoms with van der Waals surface area (Å²) in [5.74, 6) is 0. The minimum Gasteiger partial charge on any atom is -0.344 e. The van der Waals surface area contributed by atoms with Gasteiger partial charge in [-0.3, -0.25) is 0 Å². The highest BCUT2D eigenvalue weighted by Crippen LogP contribution is 2.40. The molecular weight excluding hydrogens is 322 g/mol. The van der Waals surface area contributed by atoms with Gasteiger partial charge in [-0.1, -0.05) is 42.5 Å². The van der Waals surface area contributed by atoms with Crippen LogP contribution in [0.5, 0.6) is 0 Å². The summed E-state index contributed by atoms with van der Waals surface area (Å²) in [6.45, 7) is 0. The van der Waals surface area contributed by atoms with Crippen LogP contribution in [0.2, 0.25) is 0 Å². The van der Waals surface area contributed by atoms with Crippen molar-refractivity contribution in [3.8, 4) is 0 Å². The Morgan fingerprint density at radius 2 is 1.28 bits per heavy atom. The van der Waals surface area contributed by atoms with Gasteiger partial charge in [-0.2, -0.15) is 0 Å². The van der Waals surface area contributed by atoms with E-state index in [4.69, 9.17) is 0 Å². The zero-order valence-electron chi connectivity index (χ0n) is 13.8. The summed E-state index contributed by atoms with van der Waals surface area (Å²) in [6, 6.07) is 26.7. The molecule has 0 aliphatic carbocycles. The van der Waals surface area contributed by atoms with Crippen molar-refractivity contribution in [2.75, 3.05) is 0 Å². The van der Waals surface area contributed by atoms with Crippen molar-refractivity contribution in [1.29, 1.82) is 0 Å². The molecule has 2 heteroatoms. The van der Waals surface area contributed by atoms with E-state index >= 15 is 0 Å². The SMILES string of the molecule is Cn1c2ccccc2c2cc3sc4cc5ccccc5cc4c3cc21. The number of fused-ring (bicyclic) bond motifs is 7. The van der Waals surface area contributed by atoms with Crippen LogP contribution in [0.1, 0.15) is 0 Å². The standard InChI is InChI=1S/C23H15NS/c1-24-20-9-5-4-8-16(20)17-13-23-19(12-21(17)24)18-10-14-6-2-3-7-15(14)11-22(18)25-23/h2-13H,1H3. The zero-order valence-corrected chi connectivity index (χ0v) is 14.6. The van der Waals surface area contributed by atoms with Crippen LogP contribution < -0.4 is 0 Å². The number of nitrogens with zero attached hydrogens (tertiary/aromatic N) is 1. The van der Waals surface area contributed by atoms with Gasteiger partial charge < -0.3 is 4.57 Å². The summed E-state index contributed by atoms with van der Waals surface area (Å²) in [7, 11) is 2.17. The van der Waals surface area contributed by atoms with Crippen LogP contribution in [0.25, 0.3) is 52.8 Å². The van der Waals surface area contributed by atoms with E-state index < -0.39 is 0 Å². The fourth-order valence-electron chi connectivity index (χ4n) is 4.11. The van der Waals surface area contributed by atoms with Gasteiger partial charge in [0.05, 0.1) is 0 Å². The third-order valence-electron chi connectivity index (χ3n) is 5.37. The molecule has 0 amide bonds. The fourth-order valence-corrected chi connectivity index (χ4v) is 5.27. The predicted molar refractivity (Wildman–Crippen MR) is 111 cm³/mol. The maximum atomic E-state index is 2.38. The molecule has 6 rings (SSSR count). The van der Waals surface area contributed by atoms with Gasteiger partial charge in [0.15, 0.2) is 0 Å². The smallest absolute Gasteiger partial charge is 0.0495 e. The van der Waals surface area contributed by atoms with Gasteiger partial charge in [-0.15, -0.1) is 11.3 Å². The molecule has 4 aromatic carbocycles.